The molecule has 0 spiro atoms. The molecule has 0 bridgehead atoms. The van der Waals surface area contributed by atoms with Gasteiger partial charge in [-0.25, -0.2) is 0 Å². The number of alkyl halides is 3. The molecule has 0 fully saturated rings. The third kappa shape index (κ3) is 2.71. The highest BCUT2D eigenvalue weighted by molar-refractivity contribution is 6.06. The normalized spacial score (nSPS) is 22.6. The van der Waals surface area contributed by atoms with E-state index < -0.39 is 24.5 Å². The highest BCUT2D eigenvalue weighted by Gasteiger charge is 2.36. The van der Waals surface area contributed by atoms with Crippen LogP contribution in [0.1, 0.15) is 20.3 Å². The SMILES string of the molecule is CC(C)C1N=C(CC(F)(F)F)NC1=O. The van der Waals surface area contributed by atoms with Crippen LogP contribution in [0.4, 0.5) is 13.2 Å². The molecule has 1 aliphatic heterocycles. The number of carbonyl (C=O) groups is 1. The molecule has 1 aliphatic rings. The maximum absolute atomic E-state index is 11.9. The summed E-state index contributed by atoms with van der Waals surface area (Å²) in [5.74, 6) is -0.804. The average Bonchev–Trinajstić information content (AvgIpc) is 2.26. The lowest BCUT2D eigenvalue weighted by atomic mass is 10.1. The van der Waals surface area contributed by atoms with Crippen LogP contribution in [0.25, 0.3) is 0 Å². The van der Waals surface area contributed by atoms with Gasteiger partial charge in [0.25, 0.3) is 0 Å². The molecule has 0 aromatic heterocycles. The number of amidine groups is 1. The van der Waals surface area contributed by atoms with Gasteiger partial charge in [0.05, 0.1) is 0 Å². The first kappa shape index (κ1) is 11.0. The van der Waals surface area contributed by atoms with Gasteiger partial charge in [0.15, 0.2) is 0 Å². The molecular weight excluding hydrogens is 197 g/mol. The minimum atomic E-state index is -4.32. The van der Waals surface area contributed by atoms with Crippen molar-refractivity contribution < 1.29 is 18.0 Å². The van der Waals surface area contributed by atoms with Crippen molar-refractivity contribution in [3.05, 3.63) is 0 Å². The minimum Gasteiger partial charge on any atom is -0.312 e. The summed E-state index contributed by atoms with van der Waals surface area (Å²) in [6.45, 7) is 3.48. The summed E-state index contributed by atoms with van der Waals surface area (Å²) in [4.78, 5) is 14.8. The Balaban J connectivity index is 2.67. The van der Waals surface area contributed by atoms with Crippen LogP contribution in [-0.4, -0.2) is 24.0 Å². The van der Waals surface area contributed by atoms with Crippen LogP contribution in [0.2, 0.25) is 0 Å². The topological polar surface area (TPSA) is 41.5 Å². The van der Waals surface area contributed by atoms with Gasteiger partial charge in [-0.05, 0) is 5.92 Å². The first-order chi connectivity index (χ1) is 6.29. The van der Waals surface area contributed by atoms with Gasteiger partial charge < -0.3 is 5.32 Å². The van der Waals surface area contributed by atoms with Crippen molar-refractivity contribution in [2.24, 2.45) is 10.9 Å². The number of amides is 1. The fraction of sp³-hybridized carbons (Fsp3) is 0.750. The summed E-state index contributed by atoms with van der Waals surface area (Å²) in [7, 11) is 0. The molecule has 14 heavy (non-hydrogen) atoms. The van der Waals surface area contributed by atoms with E-state index in [9.17, 15) is 18.0 Å². The van der Waals surface area contributed by atoms with E-state index in [0.717, 1.165) is 0 Å². The smallest absolute Gasteiger partial charge is 0.312 e. The van der Waals surface area contributed by atoms with E-state index in [2.05, 4.69) is 10.3 Å². The zero-order chi connectivity index (χ0) is 10.9. The molecule has 0 saturated carbocycles. The van der Waals surface area contributed by atoms with Crippen molar-refractivity contribution in [2.45, 2.75) is 32.5 Å². The lowest BCUT2D eigenvalue weighted by molar-refractivity contribution is -0.122. The summed E-state index contributed by atoms with van der Waals surface area (Å²) in [6, 6.07) is -0.674. The van der Waals surface area contributed by atoms with Crippen molar-refractivity contribution in [3.8, 4) is 0 Å². The summed E-state index contributed by atoms with van der Waals surface area (Å²) >= 11 is 0. The van der Waals surface area contributed by atoms with Crippen LogP contribution in [0.15, 0.2) is 4.99 Å². The van der Waals surface area contributed by atoms with Crippen molar-refractivity contribution in [1.82, 2.24) is 5.32 Å². The fourth-order valence-corrected chi connectivity index (χ4v) is 1.21. The molecular formula is C8H11F3N2O. The van der Waals surface area contributed by atoms with E-state index in [0.29, 0.717) is 0 Å². The molecule has 1 heterocycles. The lowest BCUT2D eigenvalue weighted by Gasteiger charge is -2.06. The zero-order valence-corrected chi connectivity index (χ0v) is 7.85. The second-order valence-corrected chi connectivity index (χ2v) is 3.55. The van der Waals surface area contributed by atoms with Crippen LogP contribution in [0, 0.1) is 5.92 Å². The maximum Gasteiger partial charge on any atom is 0.396 e. The number of rotatable bonds is 2. The van der Waals surface area contributed by atoms with Crippen LogP contribution in [0.5, 0.6) is 0 Å². The van der Waals surface area contributed by atoms with Crippen molar-refractivity contribution in [1.29, 1.82) is 0 Å². The molecule has 1 unspecified atom stereocenters. The van der Waals surface area contributed by atoms with Crippen LogP contribution in [0.3, 0.4) is 0 Å². The van der Waals surface area contributed by atoms with Gasteiger partial charge in [-0.3, -0.25) is 9.79 Å². The highest BCUT2D eigenvalue weighted by atomic mass is 19.4. The number of nitrogens with zero attached hydrogens (tertiary/aromatic N) is 1. The van der Waals surface area contributed by atoms with E-state index in [4.69, 9.17) is 0 Å². The van der Waals surface area contributed by atoms with Crippen LogP contribution < -0.4 is 5.32 Å². The van der Waals surface area contributed by atoms with Crippen LogP contribution >= 0.6 is 0 Å². The van der Waals surface area contributed by atoms with Gasteiger partial charge in [0.1, 0.15) is 18.3 Å². The summed E-state index contributed by atoms with van der Waals surface area (Å²) in [5, 5.41) is 2.13. The lowest BCUT2D eigenvalue weighted by Crippen LogP contribution is -2.32. The highest BCUT2D eigenvalue weighted by Crippen LogP contribution is 2.22. The Morgan fingerprint density at radius 1 is 1.50 bits per heavy atom. The molecule has 1 atom stereocenters. The molecule has 6 heteroatoms. The van der Waals surface area contributed by atoms with E-state index >= 15 is 0 Å². The van der Waals surface area contributed by atoms with E-state index in [1.54, 1.807) is 13.8 Å². The Labute approximate surface area is 79.4 Å². The Hall–Kier alpha value is -1.07. The molecule has 0 aromatic rings. The Morgan fingerprint density at radius 2 is 2.07 bits per heavy atom. The molecule has 1 N–H and O–H groups in total. The second-order valence-electron chi connectivity index (χ2n) is 3.55. The Kier molecular flexibility index (Phi) is 2.82. The second kappa shape index (κ2) is 3.59. The summed E-state index contributed by atoms with van der Waals surface area (Å²) < 4.78 is 35.8. The van der Waals surface area contributed by atoms with E-state index in [1.165, 1.54) is 0 Å². The van der Waals surface area contributed by atoms with Gasteiger partial charge >= 0.3 is 6.18 Å². The van der Waals surface area contributed by atoms with Gasteiger partial charge in [-0.2, -0.15) is 13.2 Å². The van der Waals surface area contributed by atoms with Gasteiger partial charge in [0, 0.05) is 0 Å². The number of nitrogens with one attached hydrogen (secondary N) is 1. The maximum atomic E-state index is 11.9. The molecule has 0 aliphatic carbocycles. The molecule has 0 radical (unpaired) electrons. The molecule has 80 valence electrons. The number of hydrogen-bond acceptors (Lipinski definition) is 2. The number of halogens is 3. The number of hydrogen-bond donors (Lipinski definition) is 1. The monoisotopic (exact) mass is 208 g/mol. The Morgan fingerprint density at radius 3 is 2.43 bits per heavy atom. The van der Waals surface area contributed by atoms with Gasteiger partial charge in [-0.15, -0.1) is 0 Å². The average molecular weight is 208 g/mol. The van der Waals surface area contributed by atoms with Gasteiger partial charge in [0.2, 0.25) is 5.91 Å². The molecule has 1 rings (SSSR count). The Bertz CT molecular complexity index is 270. The molecule has 1 amide bonds. The number of carbonyl (C=O) groups excluding carboxylic acids is 1. The largest absolute Gasteiger partial charge is 0.396 e. The standard InChI is InChI=1S/C8H11F3N2O/c1-4(2)6-7(14)13-5(12-6)3-8(9,10)11/h4,6H,3H2,1-2H3,(H,12,13,14). The summed E-state index contributed by atoms with van der Waals surface area (Å²) in [5.41, 5.74) is 0. The van der Waals surface area contributed by atoms with Crippen molar-refractivity contribution in [3.63, 3.8) is 0 Å². The number of aliphatic imine (C=N–C) groups is 1. The fourth-order valence-electron chi connectivity index (χ4n) is 1.21. The quantitative estimate of drug-likeness (QED) is 0.733. The first-order valence-electron chi connectivity index (χ1n) is 4.24. The first-order valence-corrected chi connectivity index (χ1v) is 4.24. The predicted molar refractivity (Wildman–Crippen MR) is 44.9 cm³/mol. The summed E-state index contributed by atoms with van der Waals surface area (Å²) in [6.07, 6.45) is -5.49. The predicted octanol–water partition coefficient (Wildman–Crippen LogP) is 1.49. The van der Waals surface area contributed by atoms with Crippen LogP contribution in [-0.2, 0) is 4.79 Å². The third-order valence-corrected chi connectivity index (χ3v) is 1.83. The zero-order valence-electron chi connectivity index (χ0n) is 7.85. The van der Waals surface area contributed by atoms with Crippen molar-refractivity contribution >= 4 is 11.7 Å². The minimum absolute atomic E-state index is 0.0827. The molecule has 0 saturated heterocycles. The molecule has 0 aromatic carbocycles. The van der Waals surface area contributed by atoms with E-state index in [-0.39, 0.29) is 11.8 Å². The molecule has 3 nitrogen and oxygen atoms in total. The third-order valence-electron chi connectivity index (χ3n) is 1.83. The van der Waals surface area contributed by atoms with Gasteiger partial charge in [-0.1, -0.05) is 13.8 Å². The van der Waals surface area contributed by atoms with E-state index in [1.807, 2.05) is 0 Å². The van der Waals surface area contributed by atoms with Crippen molar-refractivity contribution in [2.75, 3.05) is 0 Å².